The fraction of sp³-hybridized carbons (Fsp3) is 0.333. The molecule has 0 atom stereocenters. The maximum absolute atomic E-state index is 12.2. The molecule has 0 aliphatic heterocycles. The van der Waals surface area contributed by atoms with E-state index in [9.17, 15) is 9.59 Å². The average molecular weight is 308 g/mol. The molecule has 2 N–H and O–H groups in total. The third kappa shape index (κ3) is 2.38. The zero-order valence-electron chi connectivity index (χ0n) is 11.4. The second-order valence-electron chi connectivity index (χ2n) is 5.35. The molecule has 5 nitrogen and oxygen atoms in total. The van der Waals surface area contributed by atoms with Gasteiger partial charge >= 0.3 is 5.97 Å². The number of hydrogen-bond donors (Lipinski definition) is 2. The summed E-state index contributed by atoms with van der Waals surface area (Å²) in [4.78, 5) is 23.0. The van der Waals surface area contributed by atoms with Crippen LogP contribution in [0, 0.1) is 12.8 Å². The largest absolute Gasteiger partial charge is 0.481 e. The highest BCUT2D eigenvalue weighted by Crippen LogP contribution is 2.32. The van der Waals surface area contributed by atoms with Crippen molar-refractivity contribution in [2.24, 2.45) is 5.92 Å². The van der Waals surface area contributed by atoms with Crippen LogP contribution in [0.2, 0.25) is 5.02 Å². The highest BCUT2D eigenvalue weighted by molar-refractivity contribution is 6.35. The molecule has 1 aliphatic carbocycles. The van der Waals surface area contributed by atoms with Crippen LogP contribution in [-0.2, 0) is 4.79 Å². The number of nitrogens with one attached hydrogen (secondary N) is 1. The van der Waals surface area contributed by atoms with Gasteiger partial charge in [-0.25, -0.2) is 0 Å². The molecule has 0 saturated heterocycles. The number of halogens is 1. The number of hydrogen-bond acceptors (Lipinski definition) is 3. The summed E-state index contributed by atoms with van der Waals surface area (Å²) in [6, 6.07) is 5.25. The minimum Gasteiger partial charge on any atom is -0.481 e. The number of carboxylic acid groups (broad SMARTS) is 1. The van der Waals surface area contributed by atoms with E-state index in [0.29, 0.717) is 23.4 Å². The smallest absolute Gasteiger partial charge is 0.306 e. The van der Waals surface area contributed by atoms with Gasteiger partial charge in [0.05, 0.1) is 10.9 Å². The number of aliphatic carboxylic acids is 1. The third-order valence-electron chi connectivity index (χ3n) is 3.94. The first-order valence-corrected chi connectivity index (χ1v) is 7.06. The minimum atomic E-state index is -0.813. The van der Waals surface area contributed by atoms with Gasteiger partial charge in [0.25, 0.3) is 5.91 Å². The van der Waals surface area contributed by atoms with Crippen molar-refractivity contribution in [1.82, 2.24) is 5.32 Å². The second kappa shape index (κ2) is 5.07. The SMILES string of the molecule is Cc1c(C(=O)NC2CC(C(=O)O)C2)oc2c(Cl)cccc12. The van der Waals surface area contributed by atoms with Crippen LogP contribution < -0.4 is 5.32 Å². The molecular formula is C15H14ClNO4. The first kappa shape index (κ1) is 13.9. The van der Waals surface area contributed by atoms with Crippen molar-refractivity contribution in [3.8, 4) is 0 Å². The summed E-state index contributed by atoms with van der Waals surface area (Å²) in [5, 5.41) is 12.9. The maximum Gasteiger partial charge on any atom is 0.306 e. The van der Waals surface area contributed by atoms with Crippen LogP contribution in [0.15, 0.2) is 22.6 Å². The molecule has 1 heterocycles. The van der Waals surface area contributed by atoms with Gasteiger partial charge in [0.1, 0.15) is 0 Å². The van der Waals surface area contributed by atoms with Crippen molar-refractivity contribution in [2.75, 3.05) is 0 Å². The van der Waals surface area contributed by atoms with Gasteiger partial charge in [-0.1, -0.05) is 23.7 Å². The van der Waals surface area contributed by atoms with Crippen molar-refractivity contribution in [2.45, 2.75) is 25.8 Å². The molecule has 21 heavy (non-hydrogen) atoms. The number of amides is 1. The molecule has 0 bridgehead atoms. The van der Waals surface area contributed by atoms with Crippen LogP contribution >= 0.6 is 11.6 Å². The predicted molar refractivity (Wildman–Crippen MR) is 77.6 cm³/mol. The molecule has 1 saturated carbocycles. The lowest BCUT2D eigenvalue weighted by Gasteiger charge is -2.32. The lowest BCUT2D eigenvalue weighted by molar-refractivity contribution is -0.145. The van der Waals surface area contributed by atoms with E-state index in [1.54, 1.807) is 19.1 Å². The molecule has 1 aromatic heterocycles. The number of rotatable bonds is 3. The summed E-state index contributed by atoms with van der Waals surface area (Å²) in [5.74, 6) is -1.26. The summed E-state index contributed by atoms with van der Waals surface area (Å²) in [7, 11) is 0. The number of para-hydroxylation sites is 1. The molecule has 1 fully saturated rings. The van der Waals surface area contributed by atoms with Crippen LogP contribution in [-0.4, -0.2) is 23.0 Å². The Balaban J connectivity index is 1.78. The predicted octanol–water partition coefficient (Wildman–Crippen LogP) is 2.99. The molecule has 0 radical (unpaired) electrons. The molecule has 6 heteroatoms. The van der Waals surface area contributed by atoms with E-state index in [1.165, 1.54) is 0 Å². The Kier molecular flexibility index (Phi) is 3.37. The Labute approximate surface area is 125 Å². The molecule has 1 aliphatic rings. The van der Waals surface area contributed by atoms with Crippen molar-refractivity contribution in [3.05, 3.63) is 34.5 Å². The van der Waals surface area contributed by atoms with Gasteiger partial charge in [0.15, 0.2) is 11.3 Å². The number of carbonyl (C=O) groups excluding carboxylic acids is 1. The van der Waals surface area contributed by atoms with Crippen molar-refractivity contribution < 1.29 is 19.1 Å². The number of carbonyl (C=O) groups is 2. The Hall–Kier alpha value is -2.01. The number of carboxylic acids is 1. The highest BCUT2D eigenvalue weighted by atomic mass is 35.5. The van der Waals surface area contributed by atoms with E-state index in [1.807, 2.05) is 6.07 Å². The molecule has 0 unspecified atom stereocenters. The maximum atomic E-state index is 12.2. The van der Waals surface area contributed by atoms with Gasteiger partial charge < -0.3 is 14.8 Å². The fourth-order valence-electron chi connectivity index (χ4n) is 2.61. The lowest BCUT2D eigenvalue weighted by Crippen LogP contribution is -2.46. The van der Waals surface area contributed by atoms with Crippen LogP contribution in [0.1, 0.15) is 29.0 Å². The Morgan fingerprint density at radius 1 is 1.38 bits per heavy atom. The Morgan fingerprint density at radius 3 is 2.71 bits per heavy atom. The average Bonchev–Trinajstić information content (AvgIpc) is 2.72. The van der Waals surface area contributed by atoms with E-state index in [-0.39, 0.29) is 23.6 Å². The summed E-state index contributed by atoms with van der Waals surface area (Å²) in [6.07, 6.45) is 0.919. The Bertz CT molecular complexity index is 731. The first-order valence-electron chi connectivity index (χ1n) is 6.68. The third-order valence-corrected chi connectivity index (χ3v) is 4.24. The number of fused-ring (bicyclic) bond motifs is 1. The van der Waals surface area contributed by atoms with Gasteiger partial charge in [0, 0.05) is 17.0 Å². The molecular weight excluding hydrogens is 294 g/mol. The fourth-order valence-corrected chi connectivity index (χ4v) is 2.83. The van der Waals surface area contributed by atoms with Crippen molar-refractivity contribution in [3.63, 3.8) is 0 Å². The van der Waals surface area contributed by atoms with E-state index < -0.39 is 5.97 Å². The zero-order valence-corrected chi connectivity index (χ0v) is 12.1. The van der Waals surface area contributed by atoms with Gasteiger partial charge in [-0.2, -0.15) is 0 Å². The Morgan fingerprint density at radius 2 is 2.10 bits per heavy atom. The molecule has 110 valence electrons. The van der Waals surface area contributed by atoms with Crippen LogP contribution in [0.4, 0.5) is 0 Å². The van der Waals surface area contributed by atoms with E-state index in [4.69, 9.17) is 21.1 Å². The van der Waals surface area contributed by atoms with Gasteiger partial charge in [-0.15, -0.1) is 0 Å². The van der Waals surface area contributed by atoms with E-state index in [2.05, 4.69) is 5.32 Å². The van der Waals surface area contributed by atoms with Gasteiger partial charge in [0.2, 0.25) is 0 Å². The summed E-state index contributed by atoms with van der Waals surface area (Å²) < 4.78 is 5.57. The number of aryl methyl sites for hydroxylation is 1. The molecule has 3 rings (SSSR count). The summed E-state index contributed by atoms with van der Waals surface area (Å²) >= 11 is 6.05. The van der Waals surface area contributed by atoms with Crippen molar-refractivity contribution >= 4 is 34.4 Å². The standard InChI is InChI=1S/C15H14ClNO4/c1-7-10-3-2-4-11(16)13(10)21-12(7)14(18)17-9-5-8(6-9)15(19)20/h2-4,8-9H,5-6H2,1H3,(H,17,18)(H,19,20). The van der Waals surface area contributed by atoms with Gasteiger partial charge in [-0.05, 0) is 25.8 Å². The minimum absolute atomic E-state index is 0.110. The van der Waals surface area contributed by atoms with E-state index >= 15 is 0 Å². The van der Waals surface area contributed by atoms with Crippen LogP contribution in [0.3, 0.4) is 0 Å². The van der Waals surface area contributed by atoms with Crippen LogP contribution in [0.25, 0.3) is 11.0 Å². The monoisotopic (exact) mass is 307 g/mol. The summed E-state index contributed by atoms with van der Waals surface area (Å²) in [5.41, 5.74) is 1.23. The molecule has 1 aromatic carbocycles. The lowest BCUT2D eigenvalue weighted by atomic mass is 9.80. The molecule has 0 spiro atoms. The molecule has 2 aromatic rings. The topological polar surface area (TPSA) is 79.5 Å². The van der Waals surface area contributed by atoms with E-state index in [0.717, 1.165) is 10.9 Å². The highest BCUT2D eigenvalue weighted by Gasteiger charge is 2.36. The quantitative estimate of drug-likeness (QED) is 0.913. The number of furan rings is 1. The molecule has 1 amide bonds. The zero-order chi connectivity index (χ0) is 15.1. The summed E-state index contributed by atoms with van der Waals surface area (Å²) in [6.45, 7) is 1.80. The normalized spacial score (nSPS) is 21.0. The van der Waals surface area contributed by atoms with Gasteiger partial charge in [-0.3, -0.25) is 9.59 Å². The second-order valence-corrected chi connectivity index (χ2v) is 5.76. The van der Waals surface area contributed by atoms with Crippen molar-refractivity contribution in [1.29, 1.82) is 0 Å². The first-order chi connectivity index (χ1) is 9.97. The number of benzene rings is 1. The van der Waals surface area contributed by atoms with Crippen LogP contribution in [0.5, 0.6) is 0 Å².